The lowest BCUT2D eigenvalue weighted by atomic mass is 10.0. The molecule has 1 aromatic carbocycles. The summed E-state index contributed by atoms with van der Waals surface area (Å²) in [5.41, 5.74) is 7.36. The second kappa shape index (κ2) is 6.68. The van der Waals surface area contributed by atoms with Crippen LogP contribution in [-0.2, 0) is 11.2 Å². The molecular weight excluding hydrogens is 240 g/mol. The maximum absolute atomic E-state index is 12.2. The highest BCUT2D eigenvalue weighted by Crippen LogP contribution is 2.14. The fourth-order valence-electron chi connectivity index (χ4n) is 2.43. The van der Waals surface area contributed by atoms with Crippen molar-refractivity contribution in [2.24, 2.45) is 5.73 Å². The van der Waals surface area contributed by atoms with Gasteiger partial charge in [0.1, 0.15) is 0 Å². The number of nitrogens with one attached hydrogen (secondary N) is 1. The number of hydrogen-bond donors (Lipinski definition) is 2. The second-order valence-corrected chi connectivity index (χ2v) is 5.12. The van der Waals surface area contributed by atoms with Crippen molar-refractivity contribution in [3.8, 4) is 0 Å². The number of hydrogen-bond acceptors (Lipinski definition) is 3. The van der Waals surface area contributed by atoms with Gasteiger partial charge in [-0.05, 0) is 50.4 Å². The van der Waals surface area contributed by atoms with E-state index in [2.05, 4.69) is 5.32 Å². The van der Waals surface area contributed by atoms with E-state index in [9.17, 15) is 4.79 Å². The van der Waals surface area contributed by atoms with Crippen molar-refractivity contribution >= 4 is 5.91 Å². The van der Waals surface area contributed by atoms with E-state index < -0.39 is 0 Å². The highest BCUT2D eigenvalue weighted by molar-refractivity contribution is 5.94. The van der Waals surface area contributed by atoms with Gasteiger partial charge in [-0.15, -0.1) is 0 Å². The molecule has 0 radical (unpaired) electrons. The Morgan fingerprint density at radius 1 is 1.53 bits per heavy atom. The van der Waals surface area contributed by atoms with Crippen molar-refractivity contribution in [2.45, 2.75) is 38.3 Å². The molecule has 0 aromatic heterocycles. The van der Waals surface area contributed by atoms with Crippen LogP contribution in [0.4, 0.5) is 0 Å². The molecule has 3 N–H and O–H groups in total. The van der Waals surface area contributed by atoms with Crippen LogP contribution in [-0.4, -0.2) is 31.2 Å². The first kappa shape index (κ1) is 14.0. The van der Waals surface area contributed by atoms with Crippen LogP contribution in [0.1, 0.15) is 35.7 Å². The van der Waals surface area contributed by atoms with Crippen LogP contribution >= 0.6 is 0 Å². The molecule has 1 amide bonds. The molecule has 1 aliphatic rings. The summed E-state index contributed by atoms with van der Waals surface area (Å²) in [6.07, 6.45) is 2.80. The third-order valence-electron chi connectivity index (χ3n) is 3.44. The van der Waals surface area contributed by atoms with Gasteiger partial charge in [0, 0.05) is 18.2 Å². The number of rotatable bonds is 4. The summed E-state index contributed by atoms with van der Waals surface area (Å²) in [6, 6.07) is 7.89. The molecule has 0 saturated carbocycles. The zero-order chi connectivity index (χ0) is 13.7. The smallest absolute Gasteiger partial charge is 0.251 e. The summed E-state index contributed by atoms with van der Waals surface area (Å²) in [6.45, 7) is 3.36. The summed E-state index contributed by atoms with van der Waals surface area (Å²) >= 11 is 0. The highest BCUT2D eigenvalue weighted by atomic mass is 16.5. The van der Waals surface area contributed by atoms with Crippen molar-refractivity contribution in [2.75, 3.05) is 13.2 Å². The van der Waals surface area contributed by atoms with E-state index in [1.165, 1.54) is 0 Å². The monoisotopic (exact) mass is 262 g/mol. The van der Waals surface area contributed by atoms with Gasteiger partial charge in [-0.25, -0.2) is 0 Å². The molecule has 0 spiro atoms. The summed E-state index contributed by atoms with van der Waals surface area (Å²) in [7, 11) is 0. The maximum Gasteiger partial charge on any atom is 0.251 e. The highest BCUT2D eigenvalue weighted by Gasteiger charge is 2.21. The van der Waals surface area contributed by atoms with Crippen LogP contribution in [0.3, 0.4) is 0 Å². The van der Waals surface area contributed by atoms with Gasteiger partial charge in [0.15, 0.2) is 0 Å². The number of nitrogens with two attached hydrogens (primary N) is 1. The molecule has 4 heteroatoms. The molecule has 1 saturated heterocycles. The fraction of sp³-hybridized carbons (Fsp3) is 0.533. The van der Waals surface area contributed by atoms with E-state index in [4.69, 9.17) is 10.5 Å². The molecule has 1 fully saturated rings. The minimum Gasteiger partial charge on any atom is -0.378 e. The van der Waals surface area contributed by atoms with E-state index >= 15 is 0 Å². The summed E-state index contributed by atoms with van der Waals surface area (Å²) in [5.74, 6) is -0.00188. The molecule has 2 rings (SSSR count). The van der Waals surface area contributed by atoms with Gasteiger partial charge >= 0.3 is 0 Å². The number of amides is 1. The van der Waals surface area contributed by atoms with E-state index in [1.807, 2.05) is 31.2 Å². The molecule has 0 bridgehead atoms. The first-order chi connectivity index (χ1) is 9.19. The number of benzene rings is 1. The molecule has 0 aliphatic carbocycles. The predicted octanol–water partition coefficient (Wildman–Crippen LogP) is 1.49. The van der Waals surface area contributed by atoms with Gasteiger partial charge in [0.05, 0.1) is 6.10 Å². The van der Waals surface area contributed by atoms with Gasteiger partial charge in [-0.1, -0.05) is 12.1 Å². The van der Waals surface area contributed by atoms with E-state index in [0.717, 1.165) is 31.4 Å². The Labute approximate surface area is 114 Å². The zero-order valence-electron chi connectivity index (χ0n) is 11.4. The van der Waals surface area contributed by atoms with Crippen molar-refractivity contribution in [3.63, 3.8) is 0 Å². The van der Waals surface area contributed by atoms with E-state index in [-0.39, 0.29) is 18.1 Å². The first-order valence-electron chi connectivity index (χ1n) is 6.90. The Bertz CT molecular complexity index is 434. The molecule has 19 heavy (non-hydrogen) atoms. The molecule has 1 aromatic rings. The third kappa shape index (κ3) is 4.04. The van der Waals surface area contributed by atoms with Crippen molar-refractivity contribution in [1.29, 1.82) is 0 Å². The first-order valence-corrected chi connectivity index (χ1v) is 6.90. The largest absolute Gasteiger partial charge is 0.378 e. The van der Waals surface area contributed by atoms with Crippen LogP contribution in [0.5, 0.6) is 0 Å². The minimum absolute atomic E-state index is 0.00188. The maximum atomic E-state index is 12.2. The number of ether oxygens (including phenoxy) is 1. The fourth-order valence-corrected chi connectivity index (χ4v) is 2.43. The average Bonchev–Trinajstić information content (AvgIpc) is 2.39. The van der Waals surface area contributed by atoms with Crippen LogP contribution in [0.2, 0.25) is 0 Å². The number of carbonyl (C=O) groups excluding carboxylic acids is 1. The second-order valence-electron chi connectivity index (χ2n) is 5.12. The van der Waals surface area contributed by atoms with Gasteiger partial charge in [-0.2, -0.15) is 0 Å². The lowest BCUT2D eigenvalue weighted by molar-refractivity contribution is 0.0136. The lowest BCUT2D eigenvalue weighted by Gasteiger charge is -2.28. The van der Waals surface area contributed by atoms with Crippen LogP contribution < -0.4 is 11.1 Å². The van der Waals surface area contributed by atoms with Gasteiger partial charge in [0.25, 0.3) is 5.91 Å². The molecule has 4 nitrogen and oxygen atoms in total. The van der Waals surface area contributed by atoms with E-state index in [0.29, 0.717) is 12.1 Å². The van der Waals surface area contributed by atoms with Gasteiger partial charge in [0.2, 0.25) is 0 Å². The van der Waals surface area contributed by atoms with Crippen LogP contribution in [0.15, 0.2) is 24.3 Å². The molecule has 1 aliphatic heterocycles. The van der Waals surface area contributed by atoms with E-state index in [1.54, 1.807) is 0 Å². The van der Waals surface area contributed by atoms with Crippen molar-refractivity contribution in [1.82, 2.24) is 5.32 Å². The summed E-state index contributed by atoms with van der Waals surface area (Å²) in [4.78, 5) is 12.2. The van der Waals surface area contributed by atoms with Crippen LogP contribution in [0.25, 0.3) is 0 Å². The molecule has 1 heterocycles. The molecule has 2 unspecified atom stereocenters. The Kier molecular flexibility index (Phi) is 4.93. The minimum atomic E-state index is -0.00188. The molecule has 104 valence electrons. The predicted molar refractivity (Wildman–Crippen MR) is 75.1 cm³/mol. The Balaban J connectivity index is 1.97. The molecule has 2 atom stereocenters. The average molecular weight is 262 g/mol. The third-order valence-corrected chi connectivity index (χ3v) is 3.44. The molecular formula is C15H22N2O2. The Hall–Kier alpha value is -1.39. The number of carbonyl (C=O) groups is 1. The topological polar surface area (TPSA) is 64.4 Å². The lowest BCUT2D eigenvalue weighted by Crippen LogP contribution is -2.41. The zero-order valence-corrected chi connectivity index (χ0v) is 11.4. The standard InChI is InChI=1S/C15H22N2O2/c1-11-9-14(6-8-19-11)17-15(18)13-4-2-3-12(10-13)5-7-16/h2-4,10-11,14H,5-9,16H2,1H3,(H,17,18). The Morgan fingerprint density at radius 2 is 2.37 bits per heavy atom. The van der Waals surface area contributed by atoms with Crippen LogP contribution in [0, 0.1) is 0 Å². The van der Waals surface area contributed by atoms with Crippen molar-refractivity contribution in [3.05, 3.63) is 35.4 Å². The van der Waals surface area contributed by atoms with Gasteiger partial charge < -0.3 is 15.8 Å². The van der Waals surface area contributed by atoms with Gasteiger partial charge in [-0.3, -0.25) is 4.79 Å². The summed E-state index contributed by atoms with van der Waals surface area (Å²) < 4.78 is 5.48. The SMILES string of the molecule is CC1CC(NC(=O)c2cccc(CCN)c2)CCO1. The summed E-state index contributed by atoms with van der Waals surface area (Å²) in [5, 5.41) is 3.08. The Morgan fingerprint density at radius 3 is 3.11 bits per heavy atom. The quantitative estimate of drug-likeness (QED) is 0.864. The van der Waals surface area contributed by atoms with Crippen molar-refractivity contribution < 1.29 is 9.53 Å². The normalized spacial score (nSPS) is 23.1.